The van der Waals surface area contributed by atoms with Crippen LogP contribution in [0, 0.1) is 11.6 Å². The average Bonchev–Trinajstić information content (AvgIpc) is 2.81. The lowest BCUT2D eigenvalue weighted by Gasteiger charge is -2.07. The van der Waals surface area contributed by atoms with Crippen molar-refractivity contribution in [2.24, 2.45) is 0 Å². The number of carbonyl (C=O) groups excluding carboxylic acids is 1. The quantitative estimate of drug-likeness (QED) is 0.682. The Labute approximate surface area is 120 Å². The molecule has 3 rings (SSSR count). The van der Waals surface area contributed by atoms with E-state index in [4.69, 9.17) is 10.5 Å². The number of hydrogen-bond acceptors (Lipinski definition) is 3. The molecule has 0 aliphatic carbocycles. The van der Waals surface area contributed by atoms with Crippen molar-refractivity contribution in [1.82, 2.24) is 0 Å². The van der Waals surface area contributed by atoms with E-state index in [0.29, 0.717) is 12.0 Å². The van der Waals surface area contributed by atoms with Gasteiger partial charge >= 0.3 is 0 Å². The van der Waals surface area contributed by atoms with Crippen molar-refractivity contribution in [3.8, 4) is 5.75 Å². The van der Waals surface area contributed by atoms with E-state index in [0.717, 1.165) is 23.4 Å². The van der Waals surface area contributed by atoms with Gasteiger partial charge in [0.15, 0.2) is 17.4 Å². The Balaban J connectivity index is 2.00. The Morgan fingerprint density at radius 2 is 1.95 bits per heavy atom. The fourth-order valence-electron chi connectivity index (χ4n) is 2.48. The van der Waals surface area contributed by atoms with Crippen LogP contribution in [0.15, 0.2) is 30.3 Å². The maximum Gasteiger partial charge on any atom is 0.195 e. The highest BCUT2D eigenvalue weighted by Gasteiger charge is 2.22. The molecule has 1 atom stereocenters. The van der Waals surface area contributed by atoms with Crippen molar-refractivity contribution in [2.75, 3.05) is 5.73 Å². The number of rotatable bonds is 2. The Bertz CT molecular complexity index is 743. The van der Waals surface area contributed by atoms with Crippen LogP contribution in [0.2, 0.25) is 0 Å². The second-order valence-corrected chi connectivity index (χ2v) is 5.14. The van der Waals surface area contributed by atoms with E-state index in [-0.39, 0.29) is 17.4 Å². The van der Waals surface area contributed by atoms with Crippen molar-refractivity contribution in [3.63, 3.8) is 0 Å². The van der Waals surface area contributed by atoms with Crippen LogP contribution in [-0.2, 0) is 6.42 Å². The van der Waals surface area contributed by atoms with Gasteiger partial charge in [-0.3, -0.25) is 4.79 Å². The molecular formula is C16H13F2NO2. The average molecular weight is 289 g/mol. The number of ketones is 1. The summed E-state index contributed by atoms with van der Waals surface area (Å²) in [4.78, 5) is 12.4. The molecule has 0 fully saturated rings. The summed E-state index contributed by atoms with van der Waals surface area (Å²) in [6.45, 7) is 1.94. The summed E-state index contributed by atoms with van der Waals surface area (Å²) >= 11 is 0. The van der Waals surface area contributed by atoms with Crippen molar-refractivity contribution in [2.45, 2.75) is 19.4 Å². The monoisotopic (exact) mass is 289 g/mol. The van der Waals surface area contributed by atoms with Gasteiger partial charge in [-0.25, -0.2) is 8.78 Å². The van der Waals surface area contributed by atoms with Crippen LogP contribution in [0.25, 0.3) is 0 Å². The SMILES string of the molecule is CC1Cc2cc(C(=O)c3cc(F)c(F)cc3N)ccc2O1. The molecule has 0 saturated carbocycles. The number of halogens is 2. The highest BCUT2D eigenvalue weighted by molar-refractivity contribution is 6.12. The third kappa shape index (κ3) is 2.35. The number of nitrogens with two attached hydrogens (primary N) is 1. The summed E-state index contributed by atoms with van der Waals surface area (Å²) in [5.41, 5.74) is 6.79. The Morgan fingerprint density at radius 3 is 2.71 bits per heavy atom. The Kier molecular flexibility index (Phi) is 3.12. The van der Waals surface area contributed by atoms with E-state index >= 15 is 0 Å². The van der Waals surface area contributed by atoms with Gasteiger partial charge in [0.05, 0.1) is 0 Å². The smallest absolute Gasteiger partial charge is 0.195 e. The molecule has 0 bridgehead atoms. The number of ether oxygens (including phenoxy) is 1. The molecule has 0 radical (unpaired) electrons. The normalized spacial score (nSPS) is 16.4. The Morgan fingerprint density at radius 1 is 1.24 bits per heavy atom. The zero-order valence-electron chi connectivity index (χ0n) is 11.3. The molecule has 1 aliphatic rings. The Hall–Kier alpha value is -2.43. The molecule has 5 heteroatoms. The fourth-order valence-corrected chi connectivity index (χ4v) is 2.48. The summed E-state index contributed by atoms with van der Waals surface area (Å²) < 4.78 is 31.9. The molecule has 2 N–H and O–H groups in total. The van der Waals surface area contributed by atoms with Gasteiger partial charge in [-0.1, -0.05) is 0 Å². The van der Waals surface area contributed by atoms with Gasteiger partial charge in [0.1, 0.15) is 11.9 Å². The van der Waals surface area contributed by atoms with E-state index in [1.807, 2.05) is 6.92 Å². The van der Waals surface area contributed by atoms with E-state index in [9.17, 15) is 13.6 Å². The van der Waals surface area contributed by atoms with Gasteiger partial charge in [0, 0.05) is 29.3 Å². The van der Waals surface area contributed by atoms with E-state index in [1.165, 1.54) is 0 Å². The van der Waals surface area contributed by atoms with Crippen LogP contribution in [-0.4, -0.2) is 11.9 Å². The molecule has 1 unspecified atom stereocenters. The molecule has 1 heterocycles. The predicted octanol–water partition coefficient (Wildman–Crippen LogP) is 3.10. The standard InChI is InChI=1S/C16H13F2NO2/c1-8-4-10-5-9(2-3-15(10)21-8)16(20)11-6-12(17)13(18)7-14(11)19/h2-3,5-8H,4,19H2,1H3. The minimum atomic E-state index is -1.09. The second-order valence-electron chi connectivity index (χ2n) is 5.14. The number of carbonyl (C=O) groups is 1. The third-order valence-electron chi connectivity index (χ3n) is 3.50. The largest absolute Gasteiger partial charge is 0.490 e. The number of anilines is 1. The maximum absolute atomic E-state index is 13.3. The molecule has 2 aromatic rings. The van der Waals surface area contributed by atoms with Crippen LogP contribution in [0.1, 0.15) is 28.4 Å². The molecule has 1 aliphatic heterocycles. The summed E-state index contributed by atoms with van der Waals surface area (Å²) in [7, 11) is 0. The lowest BCUT2D eigenvalue weighted by molar-refractivity contribution is 0.103. The summed E-state index contributed by atoms with van der Waals surface area (Å²) in [6, 6.07) is 6.67. The highest BCUT2D eigenvalue weighted by atomic mass is 19.2. The number of fused-ring (bicyclic) bond motifs is 1. The minimum absolute atomic E-state index is 0.0409. The maximum atomic E-state index is 13.3. The first-order chi connectivity index (χ1) is 9.95. The summed E-state index contributed by atoms with van der Waals surface area (Å²) in [5, 5.41) is 0. The molecule has 0 aromatic heterocycles. The molecule has 108 valence electrons. The molecule has 0 saturated heterocycles. The van der Waals surface area contributed by atoms with Gasteiger partial charge in [-0.15, -0.1) is 0 Å². The van der Waals surface area contributed by atoms with Gasteiger partial charge in [-0.05, 0) is 36.8 Å². The van der Waals surface area contributed by atoms with Crippen molar-refractivity contribution < 1.29 is 18.3 Å². The fraction of sp³-hybridized carbons (Fsp3) is 0.188. The molecule has 21 heavy (non-hydrogen) atoms. The number of benzene rings is 2. The van der Waals surface area contributed by atoms with Crippen molar-refractivity contribution in [3.05, 3.63) is 58.7 Å². The molecule has 0 spiro atoms. The van der Waals surface area contributed by atoms with Gasteiger partial charge < -0.3 is 10.5 Å². The minimum Gasteiger partial charge on any atom is -0.490 e. The van der Waals surface area contributed by atoms with Crippen LogP contribution in [0.4, 0.5) is 14.5 Å². The van der Waals surface area contributed by atoms with E-state index in [2.05, 4.69) is 0 Å². The van der Waals surface area contributed by atoms with Crippen LogP contribution in [0.3, 0.4) is 0 Å². The highest BCUT2D eigenvalue weighted by Crippen LogP contribution is 2.30. The topological polar surface area (TPSA) is 52.3 Å². The van der Waals surface area contributed by atoms with Crippen molar-refractivity contribution >= 4 is 11.5 Å². The molecule has 3 nitrogen and oxygen atoms in total. The second kappa shape index (κ2) is 4.84. The van der Waals surface area contributed by atoms with Gasteiger partial charge in [0.25, 0.3) is 0 Å². The summed E-state index contributed by atoms with van der Waals surface area (Å²) in [6.07, 6.45) is 0.780. The number of hydrogen-bond donors (Lipinski definition) is 1. The number of nitrogen functional groups attached to an aromatic ring is 1. The zero-order chi connectivity index (χ0) is 15.1. The first kappa shape index (κ1) is 13.5. The van der Waals surface area contributed by atoms with Crippen LogP contribution in [0.5, 0.6) is 5.75 Å². The lowest BCUT2D eigenvalue weighted by Crippen LogP contribution is -2.07. The molecular weight excluding hydrogens is 276 g/mol. The van der Waals surface area contributed by atoms with Gasteiger partial charge in [-0.2, -0.15) is 0 Å². The molecule has 2 aromatic carbocycles. The lowest BCUT2D eigenvalue weighted by atomic mass is 9.98. The van der Waals surface area contributed by atoms with E-state index in [1.54, 1.807) is 18.2 Å². The first-order valence-corrected chi connectivity index (χ1v) is 6.54. The first-order valence-electron chi connectivity index (χ1n) is 6.54. The van der Waals surface area contributed by atoms with Crippen LogP contribution >= 0.6 is 0 Å². The third-order valence-corrected chi connectivity index (χ3v) is 3.50. The van der Waals surface area contributed by atoms with E-state index < -0.39 is 17.4 Å². The van der Waals surface area contributed by atoms with Crippen molar-refractivity contribution in [1.29, 1.82) is 0 Å². The van der Waals surface area contributed by atoms with Gasteiger partial charge in [0.2, 0.25) is 0 Å². The van der Waals surface area contributed by atoms with Crippen LogP contribution < -0.4 is 10.5 Å². The zero-order valence-corrected chi connectivity index (χ0v) is 11.3. The predicted molar refractivity (Wildman–Crippen MR) is 74.4 cm³/mol. The summed E-state index contributed by atoms with van der Waals surface area (Å²) in [5.74, 6) is -1.85. The molecule has 0 amide bonds.